The number of hydrogen-bond acceptors (Lipinski definition) is 5. The Hall–Kier alpha value is -3.07. The molecule has 0 radical (unpaired) electrons. The van der Waals surface area contributed by atoms with Gasteiger partial charge in [-0.2, -0.15) is 5.10 Å². The Morgan fingerprint density at radius 1 is 1.35 bits per heavy atom. The lowest BCUT2D eigenvalue weighted by Crippen LogP contribution is -2.25. The molecule has 1 aliphatic rings. The maximum absolute atomic E-state index is 14.3. The monoisotopic (exact) mass is 359 g/mol. The van der Waals surface area contributed by atoms with Crippen molar-refractivity contribution in [2.75, 3.05) is 11.4 Å². The van der Waals surface area contributed by atoms with E-state index >= 15 is 0 Å². The molecule has 1 saturated heterocycles. The van der Waals surface area contributed by atoms with Crippen LogP contribution < -0.4 is 10.6 Å². The number of rotatable bonds is 3. The van der Waals surface area contributed by atoms with Gasteiger partial charge in [-0.05, 0) is 30.7 Å². The quantitative estimate of drug-likeness (QED) is 0.659. The van der Waals surface area contributed by atoms with Gasteiger partial charge in [0.2, 0.25) is 5.91 Å². The highest BCUT2D eigenvalue weighted by atomic mass is 19.1. The van der Waals surface area contributed by atoms with Crippen LogP contribution in [-0.4, -0.2) is 38.8 Å². The number of halogens is 2. The number of benzene rings is 1. The first-order valence-corrected chi connectivity index (χ1v) is 7.97. The van der Waals surface area contributed by atoms with Crippen LogP contribution in [0.3, 0.4) is 0 Å². The zero-order valence-electron chi connectivity index (χ0n) is 13.5. The van der Waals surface area contributed by atoms with Crippen LogP contribution in [0.25, 0.3) is 11.0 Å². The molecule has 2 atom stereocenters. The molecule has 1 amide bonds. The van der Waals surface area contributed by atoms with Gasteiger partial charge in [-0.1, -0.05) is 0 Å². The largest absolute Gasteiger partial charge is 0.391 e. The number of fused-ring (bicyclic) bond motifs is 1. The van der Waals surface area contributed by atoms with Crippen LogP contribution in [0.5, 0.6) is 0 Å². The number of nitrogens with two attached hydrogens (primary N) is 1. The van der Waals surface area contributed by atoms with E-state index in [1.807, 2.05) is 0 Å². The number of carbonyl (C=O) groups is 1. The van der Waals surface area contributed by atoms with Gasteiger partial charge in [-0.15, -0.1) is 0 Å². The third-order valence-electron chi connectivity index (χ3n) is 4.55. The Bertz CT molecular complexity index is 1010. The summed E-state index contributed by atoms with van der Waals surface area (Å²) in [4.78, 5) is 17.2. The maximum Gasteiger partial charge on any atom is 0.250 e. The van der Waals surface area contributed by atoms with Crippen molar-refractivity contribution in [3.05, 3.63) is 53.2 Å². The fourth-order valence-electron chi connectivity index (χ4n) is 3.36. The Morgan fingerprint density at radius 3 is 2.92 bits per heavy atom. The lowest BCUT2D eigenvalue weighted by atomic mass is 10.0. The van der Waals surface area contributed by atoms with E-state index < -0.39 is 29.7 Å². The van der Waals surface area contributed by atoms with Crippen molar-refractivity contribution in [1.82, 2.24) is 15.2 Å². The molecule has 1 aromatic carbocycles. The van der Waals surface area contributed by atoms with Gasteiger partial charge in [0.1, 0.15) is 11.6 Å². The van der Waals surface area contributed by atoms with Gasteiger partial charge >= 0.3 is 0 Å². The molecule has 3 heterocycles. The zero-order valence-corrected chi connectivity index (χ0v) is 13.5. The highest BCUT2D eigenvalue weighted by Gasteiger charge is 2.36. The lowest BCUT2D eigenvalue weighted by molar-refractivity contribution is 0.1000. The predicted molar refractivity (Wildman–Crippen MR) is 89.5 cm³/mol. The smallest absolute Gasteiger partial charge is 0.250 e. The number of primary amides is 1. The average molecular weight is 359 g/mol. The highest BCUT2D eigenvalue weighted by Crippen LogP contribution is 2.39. The zero-order chi connectivity index (χ0) is 18.4. The summed E-state index contributed by atoms with van der Waals surface area (Å²) in [7, 11) is 0. The third kappa shape index (κ3) is 2.66. The van der Waals surface area contributed by atoms with Crippen molar-refractivity contribution >= 4 is 22.8 Å². The molecular weight excluding hydrogens is 344 g/mol. The van der Waals surface area contributed by atoms with E-state index in [0.29, 0.717) is 16.9 Å². The van der Waals surface area contributed by atoms with Crippen molar-refractivity contribution in [2.45, 2.75) is 18.6 Å². The maximum atomic E-state index is 14.3. The van der Waals surface area contributed by atoms with E-state index in [1.165, 1.54) is 12.3 Å². The van der Waals surface area contributed by atoms with Crippen LogP contribution in [0.4, 0.5) is 14.6 Å². The number of nitrogens with one attached hydrogen (secondary N) is 1. The summed E-state index contributed by atoms with van der Waals surface area (Å²) in [6, 6.07) is 4.15. The van der Waals surface area contributed by atoms with Crippen molar-refractivity contribution in [2.24, 2.45) is 5.73 Å². The molecule has 134 valence electrons. The van der Waals surface area contributed by atoms with Crippen LogP contribution in [0.15, 0.2) is 30.5 Å². The van der Waals surface area contributed by atoms with E-state index in [2.05, 4.69) is 15.2 Å². The topological polar surface area (TPSA) is 108 Å². The van der Waals surface area contributed by atoms with E-state index in [1.54, 1.807) is 4.90 Å². The van der Waals surface area contributed by atoms with Gasteiger partial charge in [0.05, 0.1) is 23.1 Å². The van der Waals surface area contributed by atoms with E-state index in [9.17, 15) is 18.7 Å². The molecule has 26 heavy (non-hydrogen) atoms. The van der Waals surface area contributed by atoms with E-state index in [-0.39, 0.29) is 24.1 Å². The summed E-state index contributed by atoms with van der Waals surface area (Å²) < 4.78 is 27.9. The highest BCUT2D eigenvalue weighted by molar-refractivity contribution is 5.98. The first-order valence-electron chi connectivity index (χ1n) is 7.97. The number of pyridine rings is 1. The molecule has 9 heteroatoms. The molecule has 0 spiro atoms. The van der Waals surface area contributed by atoms with Gasteiger partial charge in [0.15, 0.2) is 11.5 Å². The van der Waals surface area contributed by atoms with Crippen LogP contribution in [0.2, 0.25) is 0 Å². The number of H-pyrrole nitrogens is 1. The molecule has 2 aromatic heterocycles. The molecule has 4 N–H and O–H groups in total. The number of aromatic nitrogens is 3. The second-order valence-electron chi connectivity index (χ2n) is 6.26. The van der Waals surface area contributed by atoms with Gasteiger partial charge in [0, 0.05) is 18.3 Å². The van der Waals surface area contributed by atoms with Crippen LogP contribution in [0, 0.1) is 11.6 Å². The Labute approximate surface area is 146 Å². The fourth-order valence-corrected chi connectivity index (χ4v) is 3.36. The van der Waals surface area contributed by atoms with Gasteiger partial charge in [0.25, 0.3) is 0 Å². The number of aliphatic hydroxyl groups is 1. The molecule has 1 fully saturated rings. The normalized spacial score (nSPS) is 20.0. The van der Waals surface area contributed by atoms with E-state index in [4.69, 9.17) is 5.73 Å². The van der Waals surface area contributed by atoms with Crippen molar-refractivity contribution in [1.29, 1.82) is 0 Å². The SMILES string of the molecule is NC(=O)c1cnc2[nH]nc(N3C[C@@H](O)C[C@@H]3c3cc(F)ccc3F)c2c1. The molecule has 0 unspecified atom stereocenters. The first kappa shape index (κ1) is 16.4. The summed E-state index contributed by atoms with van der Waals surface area (Å²) in [5.41, 5.74) is 6.06. The Kier molecular flexibility index (Phi) is 3.80. The summed E-state index contributed by atoms with van der Waals surface area (Å²) in [5.74, 6) is -1.37. The number of nitrogens with zero attached hydrogens (tertiary/aromatic N) is 3. The Morgan fingerprint density at radius 2 is 2.15 bits per heavy atom. The standard InChI is InChI=1S/C17H15F2N5O2/c18-9-1-2-13(19)11(4-9)14-5-10(25)7-24(14)17-12-3-8(15(20)26)6-21-16(12)22-23-17/h1-4,6,10,14,25H,5,7H2,(H2,20,26)(H,21,22,23)/t10-,14+/m0/s1. The fraction of sp³-hybridized carbons (Fsp3) is 0.235. The molecule has 4 rings (SSSR count). The molecule has 0 aliphatic carbocycles. The van der Waals surface area contributed by atoms with Crippen LogP contribution in [-0.2, 0) is 0 Å². The summed E-state index contributed by atoms with van der Waals surface area (Å²) >= 11 is 0. The number of amides is 1. The number of aromatic amines is 1. The average Bonchev–Trinajstić information content (AvgIpc) is 3.19. The lowest BCUT2D eigenvalue weighted by Gasteiger charge is -2.25. The predicted octanol–water partition coefficient (Wildman–Crippen LogP) is 1.65. The van der Waals surface area contributed by atoms with Gasteiger partial charge in [-0.25, -0.2) is 13.8 Å². The number of carbonyl (C=O) groups excluding carboxylic acids is 1. The molecule has 0 bridgehead atoms. The first-order chi connectivity index (χ1) is 12.4. The number of anilines is 1. The Balaban J connectivity index is 1.82. The van der Waals surface area contributed by atoms with Crippen molar-refractivity contribution in [3.63, 3.8) is 0 Å². The molecule has 1 aliphatic heterocycles. The number of aliphatic hydroxyl groups excluding tert-OH is 1. The summed E-state index contributed by atoms with van der Waals surface area (Å²) in [6.45, 7) is 0.182. The summed E-state index contributed by atoms with van der Waals surface area (Å²) in [5, 5.41) is 17.6. The van der Waals surface area contributed by atoms with Crippen LogP contribution >= 0.6 is 0 Å². The minimum Gasteiger partial charge on any atom is -0.391 e. The molecule has 3 aromatic rings. The van der Waals surface area contributed by atoms with Gasteiger partial charge in [-0.3, -0.25) is 9.89 Å². The molecule has 0 saturated carbocycles. The number of β-amino-alcohol motifs (C(OH)–C–C–N with tert-alkyl or cyclic N) is 1. The minimum absolute atomic E-state index is 0.136. The summed E-state index contributed by atoms with van der Waals surface area (Å²) in [6.07, 6.45) is 0.814. The van der Waals surface area contributed by atoms with Crippen molar-refractivity contribution in [3.8, 4) is 0 Å². The third-order valence-corrected chi connectivity index (χ3v) is 4.55. The second kappa shape index (κ2) is 6.03. The second-order valence-corrected chi connectivity index (χ2v) is 6.26. The van der Waals surface area contributed by atoms with E-state index in [0.717, 1.165) is 18.2 Å². The molecule has 7 nitrogen and oxygen atoms in total. The number of hydrogen-bond donors (Lipinski definition) is 3. The van der Waals surface area contributed by atoms with Gasteiger partial charge < -0.3 is 15.7 Å². The van der Waals surface area contributed by atoms with Crippen molar-refractivity contribution < 1.29 is 18.7 Å². The molecular formula is C17H15F2N5O2. The van der Waals surface area contributed by atoms with Crippen LogP contribution in [0.1, 0.15) is 28.4 Å². The minimum atomic E-state index is -0.735.